The Morgan fingerprint density at radius 1 is 1.30 bits per heavy atom. The molecule has 0 unspecified atom stereocenters. The SMILES string of the molecule is CC=CC(F)(F)c1cccc(OCC2=CCCC(C)=C(C(=O)NCC(C)C)C=C2)c1. The predicted octanol–water partition coefficient (Wildman–Crippen LogP) is 6.10. The number of halogens is 2. The van der Waals surface area contributed by atoms with E-state index in [4.69, 9.17) is 4.74 Å². The average Bonchev–Trinajstić information content (AvgIpc) is 2.68. The predicted molar refractivity (Wildman–Crippen MR) is 118 cm³/mol. The van der Waals surface area contributed by atoms with Crippen LogP contribution in [0.3, 0.4) is 0 Å². The zero-order chi connectivity index (χ0) is 22.1. The molecule has 0 fully saturated rings. The van der Waals surface area contributed by atoms with E-state index in [0.717, 1.165) is 30.1 Å². The smallest absolute Gasteiger partial charge is 0.291 e. The van der Waals surface area contributed by atoms with Crippen LogP contribution in [-0.2, 0) is 10.7 Å². The van der Waals surface area contributed by atoms with Crippen molar-refractivity contribution in [2.75, 3.05) is 13.2 Å². The van der Waals surface area contributed by atoms with Gasteiger partial charge in [0.1, 0.15) is 12.4 Å². The standard InChI is InChI=1S/C25H31F2NO2/c1-5-14-25(26,27)21-10-7-11-22(15-21)30-17-20-9-6-8-19(4)23(13-12-20)24(29)28-16-18(2)3/h5,7,9-15,18H,6,8,16-17H2,1-4H3,(H,28,29). The highest BCUT2D eigenvalue weighted by Crippen LogP contribution is 2.31. The highest BCUT2D eigenvalue weighted by molar-refractivity contribution is 5.97. The Bertz CT molecular complexity index is 864. The number of amides is 1. The lowest BCUT2D eigenvalue weighted by molar-refractivity contribution is -0.117. The molecule has 1 aliphatic carbocycles. The number of carbonyl (C=O) groups is 1. The van der Waals surface area contributed by atoms with E-state index in [1.807, 2.05) is 19.1 Å². The van der Waals surface area contributed by atoms with Gasteiger partial charge in [-0.2, -0.15) is 8.78 Å². The second kappa shape index (κ2) is 10.9. The van der Waals surface area contributed by atoms with Gasteiger partial charge >= 0.3 is 0 Å². The van der Waals surface area contributed by atoms with Gasteiger partial charge in [0.05, 0.1) is 0 Å². The number of benzene rings is 1. The molecule has 0 saturated heterocycles. The van der Waals surface area contributed by atoms with Crippen LogP contribution in [0.4, 0.5) is 8.78 Å². The Labute approximate surface area is 178 Å². The summed E-state index contributed by atoms with van der Waals surface area (Å²) in [6.07, 6.45) is 9.51. The van der Waals surface area contributed by atoms with Crippen LogP contribution < -0.4 is 10.1 Å². The van der Waals surface area contributed by atoms with E-state index >= 15 is 0 Å². The molecule has 3 nitrogen and oxygen atoms in total. The summed E-state index contributed by atoms with van der Waals surface area (Å²) in [6, 6.07) is 5.98. The number of allylic oxidation sites excluding steroid dienone is 4. The third-order valence-corrected chi connectivity index (χ3v) is 4.77. The average molecular weight is 416 g/mol. The quantitative estimate of drug-likeness (QED) is 0.521. The van der Waals surface area contributed by atoms with E-state index in [-0.39, 0.29) is 18.1 Å². The minimum Gasteiger partial charge on any atom is -0.489 e. The lowest BCUT2D eigenvalue weighted by atomic mass is 9.99. The summed E-state index contributed by atoms with van der Waals surface area (Å²) < 4.78 is 33.9. The summed E-state index contributed by atoms with van der Waals surface area (Å²) >= 11 is 0. The molecule has 1 N–H and O–H groups in total. The lowest BCUT2D eigenvalue weighted by Crippen LogP contribution is -2.28. The molecular formula is C25H31F2NO2. The van der Waals surface area contributed by atoms with Crippen molar-refractivity contribution in [2.24, 2.45) is 5.92 Å². The number of hydrogen-bond donors (Lipinski definition) is 1. The van der Waals surface area contributed by atoms with Crippen LogP contribution in [0.15, 0.2) is 71.4 Å². The van der Waals surface area contributed by atoms with Crippen molar-refractivity contribution in [1.82, 2.24) is 5.32 Å². The van der Waals surface area contributed by atoms with Crippen molar-refractivity contribution in [3.8, 4) is 5.75 Å². The third kappa shape index (κ3) is 6.97. The Hall–Kier alpha value is -2.69. The van der Waals surface area contributed by atoms with Crippen molar-refractivity contribution in [3.05, 3.63) is 76.9 Å². The molecular weight excluding hydrogens is 384 g/mol. The number of hydrogen-bond acceptors (Lipinski definition) is 2. The molecule has 0 saturated carbocycles. The van der Waals surface area contributed by atoms with Crippen LogP contribution in [0, 0.1) is 5.92 Å². The molecule has 1 aromatic carbocycles. The minimum atomic E-state index is -3.03. The molecule has 1 aliphatic rings. The lowest BCUT2D eigenvalue weighted by Gasteiger charge is -2.15. The van der Waals surface area contributed by atoms with Crippen LogP contribution in [0.2, 0.25) is 0 Å². The number of ether oxygens (including phenoxy) is 1. The van der Waals surface area contributed by atoms with Gasteiger partial charge < -0.3 is 10.1 Å². The number of alkyl halides is 2. The fraction of sp³-hybridized carbons (Fsp3) is 0.400. The third-order valence-electron chi connectivity index (χ3n) is 4.77. The fourth-order valence-electron chi connectivity index (χ4n) is 3.04. The second-order valence-corrected chi connectivity index (χ2v) is 7.89. The van der Waals surface area contributed by atoms with Gasteiger partial charge in [0.25, 0.3) is 11.8 Å². The zero-order valence-electron chi connectivity index (χ0n) is 18.2. The van der Waals surface area contributed by atoms with E-state index < -0.39 is 5.92 Å². The first-order chi connectivity index (χ1) is 14.2. The van der Waals surface area contributed by atoms with Gasteiger partial charge in [-0.25, -0.2) is 0 Å². The van der Waals surface area contributed by atoms with Gasteiger partial charge in [-0.3, -0.25) is 4.79 Å². The number of carbonyl (C=O) groups excluding carboxylic acids is 1. The molecule has 30 heavy (non-hydrogen) atoms. The Balaban J connectivity index is 2.07. The van der Waals surface area contributed by atoms with Crippen molar-refractivity contribution >= 4 is 5.91 Å². The van der Waals surface area contributed by atoms with Crippen LogP contribution in [-0.4, -0.2) is 19.1 Å². The largest absolute Gasteiger partial charge is 0.489 e. The van der Waals surface area contributed by atoms with Gasteiger partial charge in [-0.1, -0.05) is 49.8 Å². The fourth-order valence-corrected chi connectivity index (χ4v) is 3.04. The zero-order valence-corrected chi connectivity index (χ0v) is 18.2. The summed E-state index contributed by atoms with van der Waals surface area (Å²) in [5.41, 5.74) is 2.52. The first-order valence-electron chi connectivity index (χ1n) is 10.3. The molecule has 1 aromatic rings. The van der Waals surface area contributed by atoms with Crippen LogP contribution in [0.25, 0.3) is 0 Å². The molecule has 0 heterocycles. The van der Waals surface area contributed by atoms with E-state index in [1.54, 1.807) is 19.1 Å². The van der Waals surface area contributed by atoms with Crippen molar-refractivity contribution < 1.29 is 18.3 Å². The number of nitrogens with one attached hydrogen (secondary N) is 1. The molecule has 0 bridgehead atoms. The molecule has 0 aliphatic heterocycles. The van der Waals surface area contributed by atoms with Crippen molar-refractivity contribution in [1.29, 1.82) is 0 Å². The normalized spacial score (nSPS) is 15.2. The van der Waals surface area contributed by atoms with E-state index in [0.29, 0.717) is 23.8 Å². The van der Waals surface area contributed by atoms with Crippen LogP contribution in [0.1, 0.15) is 46.1 Å². The van der Waals surface area contributed by atoms with Gasteiger partial charge in [0, 0.05) is 17.7 Å². The Morgan fingerprint density at radius 3 is 2.77 bits per heavy atom. The van der Waals surface area contributed by atoms with E-state index in [2.05, 4.69) is 25.2 Å². The van der Waals surface area contributed by atoms with Gasteiger partial charge in [-0.15, -0.1) is 0 Å². The summed E-state index contributed by atoms with van der Waals surface area (Å²) in [4.78, 5) is 12.5. The maximum atomic E-state index is 14.1. The van der Waals surface area contributed by atoms with Crippen LogP contribution >= 0.6 is 0 Å². The van der Waals surface area contributed by atoms with Crippen molar-refractivity contribution in [2.45, 2.75) is 46.5 Å². The van der Waals surface area contributed by atoms with Gasteiger partial charge in [0.15, 0.2) is 0 Å². The number of rotatable bonds is 8. The molecule has 0 aromatic heterocycles. The summed E-state index contributed by atoms with van der Waals surface area (Å²) in [6.45, 7) is 8.52. The monoisotopic (exact) mass is 415 g/mol. The Morgan fingerprint density at radius 2 is 2.07 bits per heavy atom. The second-order valence-electron chi connectivity index (χ2n) is 7.89. The maximum Gasteiger partial charge on any atom is 0.291 e. The summed E-state index contributed by atoms with van der Waals surface area (Å²) in [5.74, 6) is -2.34. The molecule has 0 atom stereocenters. The summed E-state index contributed by atoms with van der Waals surface area (Å²) in [5, 5.41) is 2.96. The molecule has 0 spiro atoms. The molecule has 2 rings (SSSR count). The molecule has 5 heteroatoms. The van der Waals surface area contributed by atoms with Crippen LogP contribution in [0.5, 0.6) is 5.75 Å². The first-order valence-corrected chi connectivity index (χ1v) is 10.3. The maximum absolute atomic E-state index is 14.1. The topological polar surface area (TPSA) is 38.3 Å². The Kier molecular flexibility index (Phi) is 8.58. The highest BCUT2D eigenvalue weighted by atomic mass is 19.3. The summed E-state index contributed by atoms with van der Waals surface area (Å²) in [7, 11) is 0. The molecule has 0 radical (unpaired) electrons. The van der Waals surface area contributed by atoms with E-state index in [1.165, 1.54) is 18.2 Å². The molecule has 162 valence electrons. The highest BCUT2D eigenvalue weighted by Gasteiger charge is 2.27. The van der Waals surface area contributed by atoms with Gasteiger partial charge in [-0.05, 0) is 62.5 Å². The van der Waals surface area contributed by atoms with Gasteiger partial charge in [0.2, 0.25) is 0 Å². The minimum absolute atomic E-state index is 0.0708. The van der Waals surface area contributed by atoms with E-state index in [9.17, 15) is 13.6 Å². The van der Waals surface area contributed by atoms with Crippen molar-refractivity contribution in [3.63, 3.8) is 0 Å². The molecule has 1 amide bonds. The first kappa shape index (κ1) is 23.6.